The maximum atomic E-state index is 13.0. The van der Waals surface area contributed by atoms with E-state index in [1.54, 1.807) is 6.07 Å². The van der Waals surface area contributed by atoms with E-state index < -0.39 is 0 Å². The molecule has 1 aromatic rings. The minimum Gasteiger partial charge on any atom is -1.00 e. The van der Waals surface area contributed by atoms with Crippen LogP contribution in [0.4, 0.5) is 5.69 Å². The Kier molecular flexibility index (Phi) is 6.28. The summed E-state index contributed by atoms with van der Waals surface area (Å²) >= 11 is 6.26. The number of nitrogens with two attached hydrogens (primary N) is 1. The van der Waals surface area contributed by atoms with E-state index in [0.29, 0.717) is 41.0 Å². The molecule has 0 aromatic heterocycles. The Labute approximate surface area is 176 Å². The average Bonchev–Trinajstić information content (AvgIpc) is 3.14. The number of halogens is 2. The van der Waals surface area contributed by atoms with E-state index in [1.165, 1.54) is 49.8 Å². The van der Waals surface area contributed by atoms with Crippen LogP contribution in [0.15, 0.2) is 6.07 Å². The number of benzene rings is 1. The number of piperidine rings is 3. The summed E-state index contributed by atoms with van der Waals surface area (Å²) in [6.07, 6.45) is 5.64. The van der Waals surface area contributed by atoms with Crippen molar-refractivity contribution < 1.29 is 31.0 Å². The number of carbonyl (C=O) groups excluding carboxylic acids is 1. The lowest BCUT2D eigenvalue weighted by Gasteiger charge is -2.52. The normalized spacial score (nSPS) is 28.2. The summed E-state index contributed by atoms with van der Waals surface area (Å²) in [6.45, 7) is 7.64. The van der Waals surface area contributed by atoms with Gasteiger partial charge < -0.3 is 37.3 Å². The third-order valence-corrected chi connectivity index (χ3v) is 6.93. The Balaban J connectivity index is 0.00000210. The highest BCUT2D eigenvalue weighted by Gasteiger charge is 2.46. The Morgan fingerprint density at radius 1 is 1.41 bits per heavy atom. The zero-order valence-corrected chi connectivity index (χ0v) is 18.2. The Hall–Kier alpha value is -0.980. The molecule has 0 unspecified atom stereocenters. The number of quaternary nitrogens is 1. The highest BCUT2D eigenvalue weighted by Crippen LogP contribution is 2.39. The van der Waals surface area contributed by atoms with Crippen molar-refractivity contribution >= 4 is 23.2 Å². The van der Waals surface area contributed by atoms with Gasteiger partial charge in [-0.15, -0.1) is 0 Å². The molecule has 3 fully saturated rings. The molecule has 0 aliphatic carbocycles. The number of nitrogen functional groups attached to an aromatic ring is 1. The second-order valence-corrected chi connectivity index (χ2v) is 8.60. The molecule has 0 radical (unpaired) electrons. The van der Waals surface area contributed by atoms with E-state index in [1.807, 2.05) is 0 Å². The molecule has 2 bridgehead atoms. The summed E-state index contributed by atoms with van der Waals surface area (Å²) in [4.78, 5) is 13.0. The molecule has 1 amide bonds. The van der Waals surface area contributed by atoms with Crippen LogP contribution in [0.25, 0.3) is 0 Å². The van der Waals surface area contributed by atoms with Crippen molar-refractivity contribution in [2.75, 3.05) is 38.5 Å². The molecular formula is C20H29BrClN3O2. The number of carbonyl (C=O) groups is 1. The highest BCUT2D eigenvalue weighted by atomic mass is 79.9. The van der Waals surface area contributed by atoms with Crippen LogP contribution in [0, 0.1) is 5.92 Å². The second-order valence-electron chi connectivity index (χ2n) is 8.19. The number of nitrogens with zero attached hydrogens (tertiary/aromatic N) is 1. The number of hydrogen-bond acceptors (Lipinski definition) is 3. The largest absolute Gasteiger partial charge is 1.00 e. The summed E-state index contributed by atoms with van der Waals surface area (Å²) in [7, 11) is 0. The fraction of sp³-hybridized carbons (Fsp3) is 0.650. The standard InChI is InChI=1S/C20H28ClN3O2.BrH/c1-2-3-7-24-8-4-13(5-9-24)17(12-24)23-20(25)15-11-16(21)18(22)14-6-10-26-19(14)15;/h11,13,17H,2-10,12H2,1H3,(H2-,22,23,25);1H/t13?,17-,24?;/m0./s1. The number of amides is 1. The van der Waals surface area contributed by atoms with Crippen LogP contribution in [-0.4, -0.2) is 49.2 Å². The van der Waals surface area contributed by atoms with Crippen molar-refractivity contribution in [3.05, 3.63) is 22.2 Å². The van der Waals surface area contributed by atoms with Gasteiger partial charge in [-0.2, -0.15) is 0 Å². The zero-order valence-electron chi connectivity index (χ0n) is 15.9. The molecule has 3 N–H and O–H groups in total. The summed E-state index contributed by atoms with van der Waals surface area (Å²) in [5.74, 6) is 1.15. The van der Waals surface area contributed by atoms with Crippen molar-refractivity contribution in [2.24, 2.45) is 5.92 Å². The Bertz CT molecular complexity index is 720. The minimum atomic E-state index is -0.0718. The van der Waals surface area contributed by atoms with Crippen LogP contribution in [-0.2, 0) is 6.42 Å². The first-order valence-corrected chi connectivity index (χ1v) is 10.3. The van der Waals surface area contributed by atoms with Gasteiger partial charge in [-0.25, -0.2) is 0 Å². The lowest BCUT2D eigenvalue weighted by atomic mass is 9.81. The van der Waals surface area contributed by atoms with E-state index in [0.717, 1.165) is 12.1 Å². The van der Waals surface area contributed by atoms with Gasteiger partial charge in [0.1, 0.15) is 5.75 Å². The van der Waals surface area contributed by atoms with Gasteiger partial charge in [0.2, 0.25) is 0 Å². The SMILES string of the molecule is CCCC[N+]12CCC(CC1)[C@@H](NC(=O)c1cc(Cl)c(N)c3c1OCC3)C2.[Br-]. The first-order chi connectivity index (χ1) is 12.5. The number of nitrogens with one attached hydrogen (secondary N) is 1. The summed E-state index contributed by atoms with van der Waals surface area (Å²) in [6, 6.07) is 1.91. The quantitative estimate of drug-likeness (QED) is 0.482. The topological polar surface area (TPSA) is 64.4 Å². The van der Waals surface area contributed by atoms with E-state index in [2.05, 4.69) is 12.2 Å². The number of ether oxygens (including phenoxy) is 1. The van der Waals surface area contributed by atoms with E-state index in [-0.39, 0.29) is 28.9 Å². The van der Waals surface area contributed by atoms with Gasteiger partial charge >= 0.3 is 0 Å². The van der Waals surface area contributed by atoms with Gasteiger partial charge in [0.05, 0.1) is 55.1 Å². The molecule has 1 atom stereocenters. The third kappa shape index (κ3) is 3.81. The maximum Gasteiger partial charge on any atom is 0.255 e. The van der Waals surface area contributed by atoms with Crippen molar-refractivity contribution in [3.63, 3.8) is 0 Å². The van der Waals surface area contributed by atoms with Gasteiger partial charge in [0, 0.05) is 24.8 Å². The van der Waals surface area contributed by atoms with Crippen LogP contribution in [0.2, 0.25) is 5.02 Å². The van der Waals surface area contributed by atoms with Crippen LogP contribution >= 0.6 is 11.6 Å². The van der Waals surface area contributed by atoms with E-state index >= 15 is 0 Å². The lowest BCUT2D eigenvalue weighted by molar-refractivity contribution is -0.944. The first kappa shape index (κ1) is 20.7. The molecule has 3 saturated heterocycles. The van der Waals surface area contributed by atoms with Crippen molar-refractivity contribution in [3.8, 4) is 5.75 Å². The number of hydrogen-bond donors (Lipinski definition) is 2. The predicted octanol–water partition coefficient (Wildman–Crippen LogP) is 0.00000000000000266. The molecule has 1 aromatic carbocycles. The van der Waals surface area contributed by atoms with Gasteiger partial charge in [-0.1, -0.05) is 24.9 Å². The van der Waals surface area contributed by atoms with Crippen LogP contribution in [0.5, 0.6) is 5.75 Å². The van der Waals surface area contributed by atoms with E-state index in [9.17, 15) is 4.79 Å². The number of rotatable bonds is 5. The van der Waals surface area contributed by atoms with Crippen LogP contribution < -0.4 is 32.8 Å². The Morgan fingerprint density at radius 2 is 2.15 bits per heavy atom. The molecule has 7 heteroatoms. The second kappa shape index (κ2) is 8.18. The highest BCUT2D eigenvalue weighted by molar-refractivity contribution is 6.33. The summed E-state index contributed by atoms with van der Waals surface area (Å²) in [5, 5.41) is 3.75. The number of fused-ring (bicyclic) bond motifs is 4. The molecule has 4 aliphatic rings. The molecule has 0 spiro atoms. The Morgan fingerprint density at radius 3 is 2.85 bits per heavy atom. The van der Waals surface area contributed by atoms with Crippen molar-refractivity contribution in [1.82, 2.24) is 5.32 Å². The summed E-state index contributed by atoms with van der Waals surface area (Å²) in [5.41, 5.74) is 8.01. The molecule has 27 heavy (non-hydrogen) atoms. The van der Waals surface area contributed by atoms with Gasteiger partial charge in [-0.3, -0.25) is 4.79 Å². The molecule has 0 saturated carbocycles. The third-order valence-electron chi connectivity index (χ3n) is 6.62. The molecule has 4 heterocycles. The van der Waals surface area contributed by atoms with Crippen molar-refractivity contribution in [1.29, 1.82) is 0 Å². The fourth-order valence-electron chi connectivity index (χ4n) is 5.04. The maximum absolute atomic E-state index is 13.0. The predicted molar refractivity (Wildman–Crippen MR) is 104 cm³/mol. The van der Waals surface area contributed by atoms with E-state index in [4.69, 9.17) is 22.1 Å². The van der Waals surface area contributed by atoms with Gasteiger partial charge in [0.25, 0.3) is 5.91 Å². The molecule has 5 nitrogen and oxygen atoms in total. The fourth-order valence-corrected chi connectivity index (χ4v) is 5.26. The minimum absolute atomic E-state index is 0. The zero-order chi connectivity index (χ0) is 18.3. The molecular weight excluding hydrogens is 430 g/mol. The lowest BCUT2D eigenvalue weighted by Crippen LogP contribution is -3.00. The summed E-state index contributed by atoms with van der Waals surface area (Å²) < 4.78 is 6.88. The smallest absolute Gasteiger partial charge is 0.255 e. The van der Waals surface area contributed by atoms with Gasteiger partial charge in [-0.05, 0) is 18.4 Å². The van der Waals surface area contributed by atoms with Crippen LogP contribution in [0.3, 0.4) is 0 Å². The molecule has 150 valence electrons. The number of unbranched alkanes of at least 4 members (excludes halogenated alkanes) is 1. The van der Waals surface area contributed by atoms with Crippen molar-refractivity contribution in [2.45, 2.75) is 45.1 Å². The average molecular weight is 459 g/mol. The van der Waals surface area contributed by atoms with Gasteiger partial charge in [0.15, 0.2) is 0 Å². The number of anilines is 1. The molecule has 4 aliphatic heterocycles. The molecule has 5 rings (SSSR count). The first-order valence-electron chi connectivity index (χ1n) is 9.92. The monoisotopic (exact) mass is 457 g/mol. The van der Waals surface area contributed by atoms with Crippen LogP contribution in [0.1, 0.15) is 48.5 Å².